The molecule has 1 N–H and O–H groups in total. The number of piperidine rings is 1. The van der Waals surface area contributed by atoms with E-state index in [-0.39, 0.29) is 11.8 Å². The molecule has 0 radical (unpaired) electrons. The second-order valence-corrected chi connectivity index (χ2v) is 3.55. The Balaban J connectivity index is 2.21. The molecule has 12 heavy (non-hydrogen) atoms. The van der Waals surface area contributed by atoms with Crippen molar-refractivity contribution in [3.63, 3.8) is 0 Å². The average Bonchev–Trinajstić information content (AvgIpc) is 2.09. The number of rotatable bonds is 2. The Morgan fingerprint density at radius 2 is 2.17 bits per heavy atom. The molecule has 1 rings (SSSR count). The monoisotopic (exact) mass is 190 g/mol. The van der Waals surface area contributed by atoms with Crippen molar-refractivity contribution in [1.82, 2.24) is 10.2 Å². The van der Waals surface area contributed by atoms with Gasteiger partial charge in [-0.3, -0.25) is 4.79 Å². The van der Waals surface area contributed by atoms with Crippen LogP contribution in [0.4, 0.5) is 0 Å². The second kappa shape index (κ2) is 4.67. The zero-order valence-electron chi connectivity index (χ0n) is 7.35. The molecule has 0 unspecified atom stereocenters. The van der Waals surface area contributed by atoms with Crippen molar-refractivity contribution in [3.05, 3.63) is 0 Å². The molecule has 0 aromatic heterocycles. The van der Waals surface area contributed by atoms with Gasteiger partial charge < -0.3 is 10.2 Å². The van der Waals surface area contributed by atoms with E-state index in [4.69, 9.17) is 11.6 Å². The minimum absolute atomic E-state index is 0.0498. The maximum absolute atomic E-state index is 10.9. The topological polar surface area (TPSA) is 32.3 Å². The average molecular weight is 191 g/mol. The highest BCUT2D eigenvalue weighted by molar-refractivity contribution is 6.27. The third-order valence-corrected chi connectivity index (χ3v) is 2.45. The van der Waals surface area contributed by atoms with E-state index in [1.54, 1.807) is 0 Å². The third-order valence-electron chi connectivity index (χ3n) is 2.21. The van der Waals surface area contributed by atoms with Crippen LogP contribution in [-0.2, 0) is 4.79 Å². The fourth-order valence-electron chi connectivity index (χ4n) is 1.42. The van der Waals surface area contributed by atoms with Crippen LogP contribution in [0.3, 0.4) is 0 Å². The Morgan fingerprint density at radius 3 is 2.67 bits per heavy atom. The molecule has 1 amide bonds. The molecule has 0 saturated carbocycles. The fraction of sp³-hybridized carbons (Fsp3) is 0.875. The largest absolute Gasteiger partial charge is 0.352 e. The fourth-order valence-corrected chi connectivity index (χ4v) is 1.50. The van der Waals surface area contributed by atoms with Crippen LogP contribution < -0.4 is 5.32 Å². The van der Waals surface area contributed by atoms with Crippen LogP contribution in [0.2, 0.25) is 0 Å². The van der Waals surface area contributed by atoms with E-state index in [9.17, 15) is 4.79 Å². The molecule has 0 aliphatic carbocycles. The van der Waals surface area contributed by atoms with Gasteiger partial charge >= 0.3 is 0 Å². The molecular weight excluding hydrogens is 176 g/mol. The van der Waals surface area contributed by atoms with Crippen molar-refractivity contribution in [2.75, 3.05) is 26.0 Å². The number of alkyl halides is 1. The van der Waals surface area contributed by atoms with E-state index in [0.29, 0.717) is 6.04 Å². The van der Waals surface area contributed by atoms with Gasteiger partial charge in [0.15, 0.2) is 0 Å². The van der Waals surface area contributed by atoms with E-state index >= 15 is 0 Å². The first kappa shape index (κ1) is 9.81. The molecular formula is C8H15ClN2O. The predicted octanol–water partition coefficient (Wildman–Crippen LogP) is 0.436. The summed E-state index contributed by atoms with van der Waals surface area (Å²) in [6.45, 7) is 2.13. The van der Waals surface area contributed by atoms with Crippen LogP contribution in [0.1, 0.15) is 12.8 Å². The molecule has 1 aliphatic rings. The first-order chi connectivity index (χ1) is 5.72. The highest BCUT2D eigenvalue weighted by Gasteiger charge is 2.17. The summed E-state index contributed by atoms with van der Waals surface area (Å²) in [7, 11) is 2.10. The summed E-state index contributed by atoms with van der Waals surface area (Å²) in [6.07, 6.45) is 2.08. The maximum atomic E-state index is 10.9. The summed E-state index contributed by atoms with van der Waals surface area (Å²) >= 11 is 5.38. The van der Waals surface area contributed by atoms with E-state index in [1.807, 2.05) is 0 Å². The highest BCUT2D eigenvalue weighted by atomic mass is 35.5. The quantitative estimate of drug-likeness (QED) is 0.641. The lowest BCUT2D eigenvalue weighted by Crippen LogP contribution is -2.43. The number of likely N-dealkylation sites (tertiary alicyclic amines) is 1. The highest BCUT2D eigenvalue weighted by Crippen LogP contribution is 2.07. The molecule has 0 bridgehead atoms. The molecule has 70 valence electrons. The summed E-state index contributed by atoms with van der Waals surface area (Å²) in [5.74, 6) is 0.0259. The number of carbonyl (C=O) groups excluding carboxylic acids is 1. The number of nitrogens with zero attached hydrogens (tertiary/aromatic N) is 1. The number of hydrogen-bond donors (Lipinski definition) is 1. The van der Waals surface area contributed by atoms with Gasteiger partial charge in [-0.05, 0) is 33.0 Å². The van der Waals surface area contributed by atoms with E-state index < -0.39 is 0 Å². The molecule has 0 spiro atoms. The van der Waals surface area contributed by atoms with Crippen LogP contribution in [0.25, 0.3) is 0 Å². The Morgan fingerprint density at radius 1 is 1.58 bits per heavy atom. The van der Waals surface area contributed by atoms with E-state index in [1.165, 1.54) is 0 Å². The Kier molecular flexibility index (Phi) is 3.82. The van der Waals surface area contributed by atoms with Crippen molar-refractivity contribution in [1.29, 1.82) is 0 Å². The van der Waals surface area contributed by atoms with Gasteiger partial charge in [-0.25, -0.2) is 0 Å². The van der Waals surface area contributed by atoms with Crippen LogP contribution in [0.15, 0.2) is 0 Å². The SMILES string of the molecule is CN1CCC(NC(=O)CCl)CC1. The maximum Gasteiger partial charge on any atom is 0.235 e. The molecule has 1 heterocycles. The first-order valence-electron chi connectivity index (χ1n) is 4.26. The number of carbonyl (C=O) groups is 1. The van der Waals surface area contributed by atoms with Gasteiger partial charge in [0.25, 0.3) is 0 Å². The predicted molar refractivity (Wildman–Crippen MR) is 49.4 cm³/mol. The number of hydrogen-bond acceptors (Lipinski definition) is 2. The summed E-state index contributed by atoms with van der Waals surface area (Å²) < 4.78 is 0. The molecule has 0 aromatic carbocycles. The van der Waals surface area contributed by atoms with Gasteiger partial charge in [-0.2, -0.15) is 0 Å². The summed E-state index contributed by atoms with van der Waals surface area (Å²) in [5.41, 5.74) is 0. The lowest BCUT2D eigenvalue weighted by atomic mass is 10.1. The zero-order valence-corrected chi connectivity index (χ0v) is 8.10. The second-order valence-electron chi connectivity index (χ2n) is 3.28. The Labute approximate surface area is 78.1 Å². The van der Waals surface area contributed by atoms with Gasteiger partial charge in [0.05, 0.1) is 0 Å². The van der Waals surface area contributed by atoms with Gasteiger partial charge in [0.2, 0.25) is 5.91 Å². The molecule has 1 saturated heterocycles. The van der Waals surface area contributed by atoms with Gasteiger partial charge in [-0.15, -0.1) is 11.6 Å². The van der Waals surface area contributed by atoms with Crippen LogP contribution in [0, 0.1) is 0 Å². The third kappa shape index (κ3) is 2.99. The standard InChI is InChI=1S/C8H15ClN2O/c1-11-4-2-7(3-5-11)10-8(12)6-9/h7H,2-6H2,1H3,(H,10,12). The smallest absolute Gasteiger partial charge is 0.235 e. The van der Waals surface area contributed by atoms with Crippen molar-refractivity contribution < 1.29 is 4.79 Å². The minimum atomic E-state index is -0.0498. The summed E-state index contributed by atoms with van der Waals surface area (Å²) in [6, 6.07) is 0.340. The minimum Gasteiger partial charge on any atom is -0.352 e. The molecule has 1 aliphatic heterocycles. The summed E-state index contributed by atoms with van der Waals surface area (Å²) in [5, 5.41) is 2.89. The van der Waals surface area contributed by atoms with Crippen molar-refractivity contribution in [2.45, 2.75) is 18.9 Å². The van der Waals surface area contributed by atoms with Gasteiger partial charge in [0, 0.05) is 6.04 Å². The van der Waals surface area contributed by atoms with Crippen molar-refractivity contribution in [2.24, 2.45) is 0 Å². The lowest BCUT2D eigenvalue weighted by molar-refractivity contribution is -0.119. The van der Waals surface area contributed by atoms with E-state index in [0.717, 1.165) is 25.9 Å². The summed E-state index contributed by atoms with van der Waals surface area (Å²) in [4.78, 5) is 13.2. The molecule has 0 atom stereocenters. The number of amides is 1. The van der Waals surface area contributed by atoms with Crippen LogP contribution >= 0.6 is 11.6 Å². The van der Waals surface area contributed by atoms with Crippen LogP contribution in [0.5, 0.6) is 0 Å². The van der Waals surface area contributed by atoms with Crippen molar-refractivity contribution in [3.8, 4) is 0 Å². The number of nitrogens with one attached hydrogen (secondary N) is 1. The number of halogens is 1. The molecule has 3 nitrogen and oxygen atoms in total. The van der Waals surface area contributed by atoms with E-state index in [2.05, 4.69) is 17.3 Å². The molecule has 4 heteroatoms. The van der Waals surface area contributed by atoms with Crippen molar-refractivity contribution >= 4 is 17.5 Å². The molecule has 1 fully saturated rings. The zero-order chi connectivity index (χ0) is 8.97. The first-order valence-corrected chi connectivity index (χ1v) is 4.79. The molecule has 0 aromatic rings. The Bertz CT molecular complexity index is 155. The van der Waals surface area contributed by atoms with Crippen LogP contribution in [-0.4, -0.2) is 42.9 Å². The Hall–Kier alpha value is -0.280. The lowest BCUT2D eigenvalue weighted by Gasteiger charge is -2.29. The van der Waals surface area contributed by atoms with Gasteiger partial charge in [0.1, 0.15) is 5.88 Å². The normalized spacial score (nSPS) is 20.8. The van der Waals surface area contributed by atoms with Gasteiger partial charge in [-0.1, -0.05) is 0 Å².